The zero-order valence-electron chi connectivity index (χ0n) is 12.7. The van der Waals surface area contributed by atoms with Crippen LogP contribution in [-0.2, 0) is 0 Å². The first-order valence-corrected chi connectivity index (χ1v) is 7.65. The molecule has 2 aromatic rings. The van der Waals surface area contributed by atoms with Crippen molar-refractivity contribution in [2.75, 3.05) is 24.6 Å². The van der Waals surface area contributed by atoms with Gasteiger partial charge in [-0.25, -0.2) is 4.39 Å². The van der Waals surface area contributed by atoms with Gasteiger partial charge >= 0.3 is 0 Å². The number of rotatable bonds is 4. The molecule has 3 rings (SSSR count). The minimum Gasteiger partial charge on any atom is -0.490 e. The second-order valence-corrected chi connectivity index (χ2v) is 5.73. The molecule has 116 valence electrons. The zero-order valence-corrected chi connectivity index (χ0v) is 12.7. The van der Waals surface area contributed by atoms with Crippen molar-refractivity contribution in [2.45, 2.75) is 19.8 Å². The van der Waals surface area contributed by atoms with Crippen LogP contribution >= 0.6 is 0 Å². The number of ether oxygens (including phenoxy) is 1. The standard InChI is InChI=1S/C17H20FN3O/c1-13-8-9-17(20-19-13)21-10-4-5-14(11-21)12-22-16-7-3-2-6-15(16)18/h2-3,6-9,14H,4-5,10-12H2,1H3/t14-/m0/s1. The summed E-state index contributed by atoms with van der Waals surface area (Å²) in [7, 11) is 0. The van der Waals surface area contributed by atoms with Gasteiger partial charge in [-0.2, -0.15) is 5.10 Å². The summed E-state index contributed by atoms with van der Waals surface area (Å²) in [5.41, 5.74) is 0.917. The van der Waals surface area contributed by atoms with Gasteiger partial charge < -0.3 is 9.64 Å². The molecule has 1 aromatic carbocycles. The van der Waals surface area contributed by atoms with Crippen molar-refractivity contribution in [1.29, 1.82) is 0 Å². The Morgan fingerprint density at radius 1 is 1.23 bits per heavy atom. The molecule has 2 heterocycles. The van der Waals surface area contributed by atoms with E-state index in [1.54, 1.807) is 18.2 Å². The second kappa shape index (κ2) is 6.73. The van der Waals surface area contributed by atoms with Gasteiger partial charge in [0.15, 0.2) is 17.4 Å². The fraction of sp³-hybridized carbons (Fsp3) is 0.412. The van der Waals surface area contributed by atoms with Gasteiger partial charge in [0, 0.05) is 19.0 Å². The first-order valence-electron chi connectivity index (χ1n) is 7.65. The molecule has 0 spiro atoms. The maximum absolute atomic E-state index is 13.6. The number of para-hydroxylation sites is 1. The summed E-state index contributed by atoms with van der Waals surface area (Å²) in [5, 5.41) is 8.36. The van der Waals surface area contributed by atoms with E-state index >= 15 is 0 Å². The van der Waals surface area contributed by atoms with Crippen LogP contribution in [-0.4, -0.2) is 29.9 Å². The summed E-state index contributed by atoms with van der Waals surface area (Å²) >= 11 is 0. The van der Waals surface area contributed by atoms with E-state index in [-0.39, 0.29) is 5.82 Å². The van der Waals surface area contributed by atoms with Gasteiger partial charge in [0.2, 0.25) is 0 Å². The number of hydrogen-bond donors (Lipinski definition) is 0. The van der Waals surface area contributed by atoms with Crippen LogP contribution in [0.15, 0.2) is 36.4 Å². The SMILES string of the molecule is Cc1ccc(N2CCC[C@H](COc3ccccc3F)C2)nn1. The Labute approximate surface area is 129 Å². The highest BCUT2D eigenvalue weighted by Crippen LogP contribution is 2.23. The molecule has 0 aliphatic carbocycles. The predicted octanol–water partition coefficient (Wildman–Crippen LogP) is 3.22. The smallest absolute Gasteiger partial charge is 0.165 e. The Morgan fingerprint density at radius 3 is 2.86 bits per heavy atom. The van der Waals surface area contributed by atoms with Crippen LogP contribution in [0.1, 0.15) is 18.5 Å². The lowest BCUT2D eigenvalue weighted by Crippen LogP contribution is -2.38. The third kappa shape index (κ3) is 3.53. The number of aromatic nitrogens is 2. The van der Waals surface area contributed by atoms with Gasteiger partial charge in [-0.3, -0.25) is 0 Å². The first kappa shape index (κ1) is 14.8. The van der Waals surface area contributed by atoms with Gasteiger partial charge in [-0.05, 0) is 44.0 Å². The van der Waals surface area contributed by atoms with Crippen molar-refractivity contribution in [3.05, 3.63) is 47.9 Å². The number of benzene rings is 1. The molecule has 1 atom stereocenters. The van der Waals surface area contributed by atoms with E-state index in [4.69, 9.17) is 4.74 Å². The Morgan fingerprint density at radius 2 is 2.09 bits per heavy atom. The molecule has 1 fully saturated rings. The van der Waals surface area contributed by atoms with Crippen LogP contribution in [0.25, 0.3) is 0 Å². The van der Waals surface area contributed by atoms with Crippen molar-refractivity contribution < 1.29 is 9.13 Å². The molecule has 0 unspecified atom stereocenters. The van der Waals surface area contributed by atoms with Crippen molar-refractivity contribution in [2.24, 2.45) is 5.92 Å². The van der Waals surface area contributed by atoms with Gasteiger partial charge in [0.1, 0.15) is 0 Å². The maximum Gasteiger partial charge on any atom is 0.165 e. The largest absolute Gasteiger partial charge is 0.490 e. The highest BCUT2D eigenvalue weighted by molar-refractivity contribution is 5.37. The monoisotopic (exact) mass is 301 g/mol. The summed E-state index contributed by atoms with van der Waals surface area (Å²) in [4.78, 5) is 2.23. The molecule has 22 heavy (non-hydrogen) atoms. The molecule has 0 amide bonds. The van der Waals surface area contributed by atoms with Crippen LogP contribution in [0.5, 0.6) is 5.75 Å². The minimum atomic E-state index is -0.306. The number of aryl methyl sites for hydroxylation is 1. The Hall–Kier alpha value is -2.17. The summed E-state index contributed by atoms with van der Waals surface area (Å²) in [5.74, 6) is 1.30. The molecule has 0 saturated carbocycles. The quantitative estimate of drug-likeness (QED) is 0.869. The summed E-state index contributed by atoms with van der Waals surface area (Å²) in [6, 6.07) is 10.5. The van der Waals surface area contributed by atoms with E-state index in [0.29, 0.717) is 18.3 Å². The average molecular weight is 301 g/mol. The second-order valence-electron chi connectivity index (χ2n) is 5.73. The van der Waals surface area contributed by atoms with Crippen molar-refractivity contribution in [3.8, 4) is 5.75 Å². The number of piperidine rings is 1. The minimum absolute atomic E-state index is 0.306. The highest BCUT2D eigenvalue weighted by atomic mass is 19.1. The first-order chi connectivity index (χ1) is 10.7. The van der Waals surface area contributed by atoms with E-state index in [0.717, 1.165) is 37.4 Å². The highest BCUT2D eigenvalue weighted by Gasteiger charge is 2.22. The van der Waals surface area contributed by atoms with Gasteiger partial charge in [-0.15, -0.1) is 5.10 Å². The third-order valence-corrected chi connectivity index (χ3v) is 3.94. The number of nitrogens with zero attached hydrogens (tertiary/aromatic N) is 3. The van der Waals surface area contributed by atoms with Gasteiger partial charge in [-0.1, -0.05) is 12.1 Å². The molecule has 1 aliphatic rings. The fourth-order valence-electron chi connectivity index (χ4n) is 2.74. The Balaban J connectivity index is 1.59. The molecular weight excluding hydrogens is 281 g/mol. The van der Waals surface area contributed by atoms with E-state index in [1.165, 1.54) is 6.07 Å². The molecule has 4 nitrogen and oxygen atoms in total. The molecule has 1 aliphatic heterocycles. The zero-order chi connectivity index (χ0) is 15.4. The molecule has 0 radical (unpaired) electrons. The van der Waals surface area contributed by atoms with Gasteiger partial charge in [0.05, 0.1) is 12.3 Å². The van der Waals surface area contributed by atoms with Crippen LogP contribution < -0.4 is 9.64 Å². The molecular formula is C17H20FN3O. The average Bonchev–Trinajstić information content (AvgIpc) is 2.55. The molecule has 0 N–H and O–H groups in total. The summed E-state index contributed by atoms with van der Waals surface area (Å²) in [6.07, 6.45) is 2.17. The van der Waals surface area contributed by atoms with Crippen LogP contribution in [0.2, 0.25) is 0 Å². The lowest BCUT2D eigenvalue weighted by molar-refractivity contribution is 0.220. The van der Waals surface area contributed by atoms with Crippen LogP contribution in [0.3, 0.4) is 0 Å². The van der Waals surface area contributed by atoms with Crippen molar-refractivity contribution >= 4 is 5.82 Å². The van der Waals surface area contributed by atoms with E-state index in [1.807, 2.05) is 19.1 Å². The van der Waals surface area contributed by atoms with Crippen LogP contribution in [0.4, 0.5) is 10.2 Å². The molecule has 5 heteroatoms. The summed E-state index contributed by atoms with van der Waals surface area (Å²) < 4.78 is 19.2. The van der Waals surface area contributed by atoms with Crippen molar-refractivity contribution in [1.82, 2.24) is 10.2 Å². The summed E-state index contributed by atoms with van der Waals surface area (Å²) in [6.45, 7) is 4.30. The normalized spacial score (nSPS) is 18.3. The lowest BCUT2D eigenvalue weighted by atomic mass is 9.99. The topological polar surface area (TPSA) is 38.2 Å². The number of hydrogen-bond acceptors (Lipinski definition) is 4. The van der Waals surface area contributed by atoms with E-state index in [2.05, 4.69) is 15.1 Å². The predicted molar refractivity (Wildman–Crippen MR) is 83.6 cm³/mol. The van der Waals surface area contributed by atoms with Crippen molar-refractivity contribution in [3.63, 3.8) is 0 Å². The molecule has 1 saturated heterocycles. The molecule has 0 bridgehead atoms. The number of anilines is 1. The molecule has 1 aromatic heterocycles. The third-order valence-electron chi connectivity index (χ3n) is 3.94. The Bertz CT molecular complexity index is 618. The lowest BCUT2D eigenvalue weighted by Gasteiger charge is -2.33. The van der Waals surface area contributed by atoms with E-state index in [9.17, 15) is 4.39 Å². The van der Waals surface area contributed by atoms with E-state index < -0.39 is 0 Å². The fourth-order valence-corrected chi connectivity index (χ4v) is 2.74. The Kier molecular flexibility index (Phi) is 4.51. The maximum atomic E-state index is 13.6. The van der Waals surface area contributed by atoms with Gasteiger partial charge in [0.25, 0.3) is 0 Å². The van der Waals surface area contributed by atoms with Crippen LogP contribution in [0, 0.1) is 18.7 Å². The number of halogens is 1.